The van der Waals surface area contributed by atoms with Crippen LogP contribution in [0.15, 0.2) is 6.07 Å². The minimum absolute atomic E-state index is 0.305. The fraction of sp³-hybridized carbons (Fsp3) is 0.615. The Bertz CT molecular complexity index is 586. The zero-order valence-corrected chi connectivity index (χ0v) is 13.3. The molecule has 0 saturated heterocycles. The highest BCUT2D eigenvalue weighted by Crippen LogP contribution is 2.31. The molecule has 1 N–H and O–H groups in total. The summed E-state index contributed by atoms with van der Waals surface area (Å²) < 4.78 is 31.9. The van der Waals surface area contributed by atoms with E-state index >= 15 is 0 Å². The van der Waals surface area contributed by atoms with E-state index in [1.807, 2.05) is 0 Å². The quantitative estimate of drug-likeness (QED) is 0.848. The summed E-state index contributed by atoms with van der Waals surface area (Å²) in [6.07, 6.45) is 3.35. The first-order valence-electron chi connectivity index (χ1n) is 6.73. The summed E-state index contributed by atoms with van der Waals surface area (Å²) in [6, 6.07) is 1.68. The van der Waals surface area contributed by atoms with Crippen LogP contribution in [0, 0.1) is 6.92 Å². The molecular weight excluding hydrogens is 298 g/mol. The zero-order valence-electron chi connectivity index (χ0n) is 11.6. The lowest BCUT2D eigenvalue weighted by Gasteiger charge is -2.11. The maximum absolute atomic E-state index is 12.2. The molecule has 0 bridgehead atoms. The standard InChI is InChI=1S/C13H19NO4S2/c1-3-18-13(15)12-9(2)8-11(19-12)14-20(16,17)10-6-4-5-7-10/h8,10,14H,3-7H2,1-2H3. The Morgan fingerprint density at radius 2 is 2.10 bits per heavy atom. The smallest absolute Gasteiger partial charge is 0.348 e. The van der Waals surface area contributed by atoms with Crippen molar-refractivity contribution in [1.82, 2.24) is 0 Å². The zero-order chi connectivity index (χ0) is 14.8. The van der Waals surface area contributed by atoms with Crippen LogP contribution < -0.4 is 4.72 Å². The molecule has 0 aliphatic heterocycles. The first-order chi connectivity index (χ1) is 9.44. The fourth-order valence-electron chi connectivity index (χ4n) is 2.35. The maximum Gasteiger partial charge on any atom is 0.348 e. The fourth-order valence-corrected chi connectivity index (χ4v) is 5.15. The average molecular weight is 317 g/mol. The van der Waals surface area contributed by atoms with Crippen molar-refractivity contribution in [2.45, 2.75) is 44.8 Å². The second-order valence-corrected chi connectivity index (χ2v) is 7.91. The van der Waals surface area contributed by atoms with E-state index in [2.05, 4.69) is 4.72 Å². The third-order valence-electron chi connectivity index (χ3n) is 3.36. The van der Waals surface area contributed by atoms with E-state index in [0.29, 0.717) is 29.3 Å². The molecule has 0 amide bonds. The highest BCUT2D eigenvalue weighted by atomic mass is 32.2. The Kier molecular flexibility index (Phi) is 4.70. The third kappa shape index (κ3) is 3.32. The van der Waals surface area contributed by atoms with Crippen molar-refractivity contribution in [3.8, 4) is 0 Å². The predicted molar refractivity (Wildman–Crippen MR) is 79.8 cm³/mol. The molecule has 0 spiro atoms. The summed E-state index contributed by atoms with van der Waals surface area (Å²) in [5, 5.41) is 0.174. The Hall–Kier alpha value is -1.08. The van der Waals surface area contributed by atoms with Gasteiger partial charge in [0.15, 0.2) is 0 Å². The van der Waals surface area contributed by atoms with Gasteiger partial charge in [-0.1, -0.05) is 12.8 Å². The Balaban J connectivity index is 2.14. The topological polar surface area (TPSA) is 72.5 Å². The number of carbonyl (C=O) groups is 1. The van der Waals surface area contributed by atoms with Gasteiger partial charge >= 0.3 is 5.97 Å². The molecule has 0 unspecified atom stereocenters. The van der Waals surface area contributed by atoms with Gasteiger partial charge in [0, 0.05) is 0 Å². The molecule has 1 saturated carbocycles. The van der Waals surface area contributed by atoms with E-state index in [9.17, 15) is 13.2 Å². The number of anilines is 1. The summed E-state index contributed by atoms with van der Waals surface area (Å²) in [5.74, 6) is -0.402. The van der Waals surface area contributed by atoms with Gasteiger partial charge in [-0.15, -0.1) is 11.3 Å². The molecule has 112 valence electrons. The van der Waals surface area contributed by atoms with Crippen molar-refractivity contribution in [3.63, 3.8) is 0 Å². The summed E-state index contributed by atoms with van der Waals surface area (Å²) in [7, 11) is -3.35. The number of hydrogen-bond donors (Lipinski definition) is 1. The van der Waals surface area contributed by atoms with Crippen molar-refractivity contribution in [2.24, 2.45) is 0 Å². The number of aryl methyl sites for hydroxylation is 1. The van der Waals surface area contributed by atoms with Crippen molar-refractivity contribution in [1.29, 1.82) is 0 Å². The number of carbonyl (C=O) groups excluding carboxylic acids is 1. The number of sulfonamides is 1. The van der Waals surface area contributed by atoms with Gasteiger partial charge in [-0.2, -0.15) is 0 Å². The van der Waals surface area contributed by atoms with Crippen LogP contribution in [-0.4, -0.2) is 26.2 Å². The Morgan fingerprint density at radius 1 is 1.45 bits per heavy atom. The maximum atomic E-state index is 12.2. The van der Waals surface area contributed by atoms with Gasteiger partial charge in [0.05, 0.1) is 11.9 Å². The molecule has 5 nitrogen and oxygen atoms in total. The predicted octanol–water partition coefficient (Wildman–Crippen LogP) is 2.92. The molecule has 0 atom stereocenters. The molecule has 20 heavy (non-hydrogen) atoms. The van der Waals surface area contributed by atoms with Gasteiger partial charge in [0.1, 0.15) is 9.88 Å². The summed E-state index contributed by atoms with van der Waals surface area (Å²) in [5.41, 5.74) is 0.734. The molecule has 1 aliphatic carbocycles. The average Bonchev–Trinajstić information content (AvgIpc) is 2.98. The molecule has 7 heteroatoms. The minimum atomic E-state index is -3.35. The number of esters is 1. The first-order valence-corrected chi connectivity index (χ1v) is 9.09. The lowest BCUT2D eigenvalue weighted by molar-refractivity contribution is 0.0531. The van der Waals surface area contributed by atoms with Crippen molar-refractivity contribution >= 4 is 32.3 Å². The highest BCUT2D eigenvalue weighted by Gasteiger charge is 2.29. The van der Waals surface area contributed by atoms with Gasteiger partial charge in [-0.05, 0) is 38.3 Å². The van der Waals surface area contributed by atoms with Crippen LogP contribution in [0.4, 0.5) is 5.00 Å². The third-order valence-corrected chi connectivity index (χ3v) is 6.48. The molecule has 2 rings (SSSR count). The molecule has 1 aromatic heterocycles. The van der Waals surface area contributed by atoms with Gasteiger partial charge in [-0.3, -0.25) is 4.72 Å². The second-order valence-electron chi connectivity index (χ2n) is 4.90. The van der Waals surface area contributed by atoms with E-state index in [1.54, 1.807) is 19.9 Å². The van der Waals surface area contributed by atoms with E-state index in [0.717, 1.165) is 29.7 Å². The highest BCUT2D eigenvalue weighted by molar-refractivity contribution is 7.93. The van der Waals surface area contributed by atoms with Crippen LogP contribution in [0.1, 0.15) is 47.8 Å². The number of nitrogens with one attached hydrogen (secondary N) is 1. The first kappa shape index (κ1) is 15.3. The van der Waals surface area contributed by atoms with Gasteiger partial charge < -0.3 is 4.74 Å². The normalized spacial score (nSPS) is 16.3. The number of thiophene rings is 1. The van der Waals surface area contributed by atoms with E-state index in [1.165, 1.54) is 0 Å². The number of ether oxygens (including phenoxy) is 1. The second kappa shape index (κ2) is 6.13. The van der Waals surface area contributed by atoms with E-state index in [4.69, 9.17) is 4.74 Å². The summed E-state index contributed by atoms with van der Waals surface area (Å²) in [6.45, 7) is 3.82. The summed E-state index contributed by atoms with van der Waals surface area (Å²) >= 11 is 1.13. The number of hydrogen-bond acceptors (Lipinski definition) is 5. The van der Waals surface area contributed by atoms with E-state index in [-0.39, 0.29) is 5.25 Å². The summed E-state index contributed by atoms with van der Waals surface area (Å²) in [4.78, 5) is 12.2. The largest absolute Gasteiger partial charge is 0.462 e. The minimum Gasteiger partial charge on any atom is -0.462 e. The Morgan fingerprint density at radius 3 is 2.70 bits per heavy atom. The Labute approximate surface area is 123 Å². The molecule has 0 radical (unpaired) electrons. The van der Waals surface area contributed by atoms with Crippen LogP contribution >= 0.6 is 11.3 Å². The van der Waals surface area contributed by atoms with Crippen LogP contribution in [0.5, 0.6) is 0 Å². The molecule has 1 fully saturated rings. The molecule has 1 aromatic rings. The monoisotopic (exact) mass is 317 g/mol. The SMILES string of the molecule is CCOC(=O)c1sc(NS(=O)(=O)C2CCCC2)cc1C. The lowest BCUT2D eigenvalue weighted by Crippen LogP contribution is -2.24. The molecular formula is C13H19NO4S2. The van der Waals surface area contributed by atoms with Crippen molar-refractivity contribution in [3.05, 3.63) is 16.5 Å². The van der Waals surface area contributed by atoms with Crippen molar-refractivity contribution in [2.75, 3.05) is 11.3 Å². The van der Waals surface area contributed by atoms with Gasteiger partial charge in [0.25, 0.3) is 0 Å². The van der Waals surface area contributed by atoms with Crippen LogP contribution in [-0.2, 0) is 14.8 Å². The molecule has 0 aromatic carbocycles. The van der Waals surface area contributed by atoms with Gasteiger partial charge in [-0.25, -0.2) is 13.2 Å². The van der Waals surface area contributed by atoms with Crippen molar-refractivity contribution < 1.29 is 17.9 Å². The number of rotatable bonds is 5. The van der Waals surface area contributed by atoms with Crippen LogP contribution in [0.25, 0.3) is 0 Å². The lowest BCUT2D eigenvalue weighted by atomic mass is 10.3. The van der Waals surface area contributed by atoms with Gasteiger partial charge in [0.2, 0.25) is 10.0 Å². The van der Waals surface area contributed by atoms with Crippen LogP contribution in [0.3, 0.4) is 0 Å². The molecule has 1 aliphatic rings. The van der Waals surface area contributed by atoms with Crippen LogP contribution in [0.2, 0.25) is 0 Å². The molecule has 1 heterocycles. The van der Waals surface area contributed by atoms with E-state index < -0.39 is 16.0 Å².